The molecule has 0 unspecified atom stereocenters. The van der Waals surface area contributed by atoms with Crippen molar-refractivity contribution in [2.45, 2.75) is 24.7 Å². The Balaban J connectivity index is 2.68. The lowest BCUT2D eigenvalue weighted by Crippen LogP contribution is -2.09. The molecule has 3 N–H and O–H groups in total. The number of benzene rings is 1. The summed E-state index contributed by atoms with van der Waals surface area (Å²) in [5.41, 5.74) is 6.31. The molecule has 0 heterocycles. The van der Waals surface area contributed by atoms with E-state index >= 15 is 0 Å². The smallest absolute Gasteiger partial charge is 0.178 e. The molecule has 1 aromatic rings. The lowest BCUT2D eigenvalue weighted by Gasteiger charge is -2.07. The fraction of sp³-hybridized carbons (Fsp3) is 0.500. The second-order valence-corrected chi connectivity index (χ2v) is 6.02. The summed E-state index contributed by atoms with van der Waals surface area (Å²) < 4.78 is 23.5. The number of hydrogen-bond donors (Lipinski definition) is 2. The van der Waals surface area contributed by atoms with Crippen LogP contribution in [0.3, 0.4) is 0 Å². The van der Waals surface area contributed by atoms with E-state index in [0.29, 0.717) is 17.9 Å². The molecule has 5 heteroatoms. The third-order valence-electron chi connectivity index (χ3n) is 2.40. The molecular formula is C12H20N2O2S. The van der Waals surface area contributed by atoms with Crippen molar-refractivity contribution in [3.05, 3.63) is 24.3 Å². The molecule has 4 nitrogen and oxygen atoms in total. The van der Waals surface area contributed by atoms with Gasteiger partial charge in [0.25, 0.3) is 0 Å². The van der Waals surface area contributed by atoms with Crippen LogP contribution in [0.15, 0.2) is 29.2 Å². The number of sulfone groups is 1. The zero-order chi connectivity index (χ0) is 12.7. The van der Waals surface area contributed by atoms with Gasteiger partial charge in [-0.2, -0.15) is 0 Å². The van der Waals surface area contributed by atoms with E-state index in [9.17, 15) is 8.42 Å². The molecule has 96 valence electrons. The third kappa shape index (κ3) is 4.36. The monoisotopic (exact) mass is 256 g/mol. The van der Waals surface area contributed by atoms with E-state index in [1.54, 1.807) is 24.3 Å². The van der Waals surface area contributed by atoms with Gasteiger partial charge in [0, 0.05) is 12.2 Å². The van der Waals surface area contributed by atoms with Crippen molar-refractivity contribution in [2.24, 2.45) is 5.73 Å². The maximum absolute atomic E-state index is 11.8. The van der Waals surface area contributed by atoms with E-state index in [4.69, 9.17) is 5.73 Å². The summed E-state index contributed by atoms with van der Waals surface area (Å²) in [6.45, 7) is 3.31. The van der Waals surface area contributed by atoms with Crippen LogP contribution in [0.25, 0.3) is 0 Å². The molecule has 0 aliphatic rings. The second kappa shape index (κ2) is 6.61. The van der Waals surface area contributed by atoms with Crippen LogP contribution >= 0.6 is 0 Å². The van der Waals surface area contributed by atoms with E-state index < -0.39 is 9.84 Å². The van der Waals surface area contributed by atoms with E-state index in [1.807, 2.05) is 6.92 Å². The zero-order valence-electron chi connectivity index (χ0n) is 10.1. The minimum absolute atomic E-state index is 0.201. The van der Waals surface area contributed by atoms with Crippen LogP contribution in [0, 0.1) is 0 Å². The molecule has 0 amide bonds. The van der Waals surface area contributed by atoms with Gasteiger partial charge in [0.05, 0.1) is 10.6 Å². The maximum atomic E-state index is 11.8. The minimum atomic E-state index is -3.10. The quantitative estimate of drug-likeness (QED) is 0.727. The molecule has 1 aromatic carbocycles. The van der Waals surface area contributed by atoms with Crippen LogP contribution in [0.5, 0.6) is 0 Å². The van der Waals surface area contributed by atoms with E-state index in [1.165, 1.54) is 0 Å². The van der Waals surface area contributed by atoms with Gasteiger partial charge in [-0.15, -0.1) is 0 Å². The summed E-state index contributed by atoms with van der Waals surface area (Å²) in [7, 11) is -3.10. The molecule has 0 radical (unpaired) electrons. The van der Waals surface area contributed by atoms with Crippen LogP contribution in [-0.2, 0) is 9.84 Å². The average molecular weight is 256 g/mol. The van der Waals surface area contributed by atoms with Crippen molar-refractivity contribution in [3.63, 3.8) is 0 Å². The van der Waals surface area contributed by atoms with Gasteiger partial charge in [0.2, 0.25) is 0 Å². The maximum Gasteiger partial charge on any atom is 0.178 e. The highest BCUT2D eigenvalue weighted by Crippen LogP contribution is 2.15. The topological polar surface area (TPSA) is 72.2 Å². The Morgan fingerprint density at radius 3 is 2.41 bits per heavy atom. The summed E-state index contributed by atoms with van der Waals surface area (Å²) in [5, 5.41) is 3.18. The van der Waals surface area contributed by atoms with Crippen molar-refractivity contribution in [3.8, 4) is 0 Å². The highest BCUT2D eigenvalue weighted by molar-refractivity contribution is 7.91. The second-order valence-electron chi connectivity index (χ2n) is 3.91. The molecule has 1 rings (SSSR count). The summed E-state index contributed by atoms with van der Waals surface area (Å²) >= 11 is 0. The van der Waals surface area contributed by atoms with Gasteiger partial charge >= 0.3 is 0 Å². The van der Waals surface area contributed by atoms with Crippen molar-refractivity contribution in [1.29, 1.82) is 0 Å². The molecule has 17 heavy (non-hydrogen) atoms. The summed E-state index contributed by atoms with van der Waals surface area (Å²) in [6.07, 6.45) is 1.54. The highest BCUT2D eigenvalue weighted by atomic mass is 32.2. The number of nitrogens with two attached hydrogens (primary N) is 1. The molecule has 0 bridgehead atoms. The Morgan fingerprint density at radius 1 is 1.24 bits per heavy atom. The number of hydrogen-bond acceptors (Lipinski definition) is 4. The van der Waals surface area contributed by atoms with Gasteiger partial charge in [-0.1, -0.05) is 6.92 Å². The average Bonchev–Trinajstić information content (AvgIpc) is 2.30. The fourth-order valence-electron chi connectivity index (χ4n) is 1.50. The minimum Gasteiger partial charge on any atom is -0.385 e. The van der Waals surface area contributed by atoms with Gasteiger partial charge in [-0.25, -0.2) is 8.42 Å². The standard InChI is InChI=1S/C12H20N2O2S/c1-2-10-17(15,16)12-6-4-11(5-7-12)14-9-3-8-13/h4-7,14H,2-3,8-10,13H2,1H3. The Hall–Kier alpha value is -1.07. The van der Waals surface area contributed by atoms with Crippen molar-refractivity contribution in [1.82, 2.24) is 0 Å². The van der Waals surface area contributed by atoms with Crippen molar-refractivity contribution in [2.75, 3.05) is 24.2 Å². The Bertz CT molecular complexity index is 426. The molecule has 0 aliphatic carbocycles. The molecule has 0 spiro atoms. The Labute approximate surface area is 103 Å². The Morgan fingerprint density at radius 2 is 1.88 bits per heavy atom. The summed E-state index contributed by atoms with van der Waals surface area (Å²) in [4.78, 5) is 0.392. The summed E-state index contributed by atoms with van der Waals surface area (Å²) in [6, 6.07) is 6.88. The van der Waals surface area contributed by atoms with E-state index in [2.05, 4.69) is 5.32 Å². The molecule has 0 fully saturated rings. The molecule has 0 aliphatic heterocycles. The van der Waals surface area contributed by atoms with Gasteiger partial charge in [0.15, 0.2) is 9.84 Å². The Kier molecular flexibility index (Phi) is 5.44. The molecule has 0 saturated carbocycles. The lowest BCUT2D eigenvalue weighted by molar-refractivity contribution is 0.595. The first-order valence-corrected chi connectivity index (χ1v) is 7.52. The van der Waals surface area contributed by atoms with Crippen molar-refractivity contribution >= 4 is 15.5 Å². The largest absolute Gasteiger partial charge is 0.385 e. The van der Waals surface area contributed by atoms with Crippen LogP contribution in [-0.4, -0.2) is 27.3 Å². The SMILES string of the molecule is CCCS(=O)(=O)c1ccc(NCCCN)cc1. The molecule has 0 atom stereocenters. The fourth-order valence-corrected chi connectivity index (χ4v) is 2.83. The van der Waals surface area contributed by atoms with Gasteiger partial charge in [0.1, 0.15) is 0 Å². The van der Waals surface area contributed by atoms with Gasteiger partial charge in [-0.3, -0.25) is 0 Å². The third-order valence-corrected chi connectivity index (χ3v) is 4.33. The highest BCUT2D eigenvalue weighted by Gasteiger charge is 2.12. The first-order chi connectivity index (χ1) is 8.10. The number of rotatable bonds is 7. The normalized spacial score (nSPS) is 11.4. The molecule has 0 aromatic heterocycles. The van der Waals surface area contributed by atoms with Gasteiger partial charge < -0.3 is 11.1 Å². The number of nitrogens with one attached hydrogen (secondary N) is 1. The summed E-state index contributed by atoms with van der Waals surface area (Å²) in [5.74, 6) is 0.201. The first kappa shape index (κ1) is 14.0. The van der Waals surface area contributed by atoms with Gasteiger partial charge in [-0.05, 0) is 43.7 Å². The number of anilines is 1. The van der Waals surface area contributed by atoms with Crippen LogP contribution in [0.2, 0.25) is 0 Å². The predicted octanol–water partition coefficient (Wildman–Crippen LogP) is 1.63. The van der Waals surface area contributed by atoms with E-state index in [-0.39, 0.29) is 5.75 Å². The molecule has 0 saturated heterocycles. The van der Waals surface area contributed by atoms with Crippen LogP contribution < -0.4 is 11.1 Å². The zero-order valence-corrected chi connectivity index (χ0v) is 11.0. The van der Waals surface area contributed by atoms with E-state index in [0.717, 1.165) is 18.7 Å². The van der Waals surface area contributed by atoms with Crippen molar-refractivity contribution < 1.29 is 8.42 Å². The van der Waals surface area contributed by atoms with Crippen LogP contribution in [0.1, 0.15) is 19.8 Å². The lowest BCUT2D eigenvalue weighted by atomic mass is 10.3. The first-order valence-electron chi connectivity index (χ1n) is 5.87. The predicted molar refractivity (Wildman–Crippen MR) is 70.9 cm³/mol. The molecular weight excluding hydrogens is 236 g/mol. The van der Waals surface area contributed by atoms with Crippen LogP contribution in [0.4, 0.5) is 5.69 Å².